The average molecular weight is 347 g/mol. The molecule has 21 heavy (non-hydrogen) atoms. The molecule has 3 rings (SSSR count). The lowest BCUT2D eigenvalue weighted by molar-refractivity contribution is 0.178. The maximum Gasteiger partial charge on any atom is 0.124 e. The average Bonchev–Trinajstić information content (AvgIpc) is 2.45. The van der Waals surface area contributed by atoms with Gasteiger partial charge in [0.1, 0.15) is 5.82 Å². The number of nitrogens with zero attached hydrogens (tertiary/aromatic N) is 2. The molecule has 0 aliphatic rings. The first-order valence-electron chi connectivity index (χ1n) is 6.45. The van der Waals surface area contributed by atoms with Crippen LogP contribution in [-0.2, 0) is 6.42 Å². The van der Waals surface area contributed by atoms with Crippen LogP contribution in [0.1, 0.15) is 17.2 Å². The van der Waals surface area contributed by atoms with Gasteiger partial charge in [-0.1, -0.05) is 22.0 Å². The molecule has 0 spiro atoms. The Morgan fingerprint density at radius 2 is 1.81 bits per heavy atom. The number of hydrogen-bond acceptors (Lipinski definition) is 3. The Bertz CT molecular complexity index is 774. The molecule has 1 unspecified atom stereocenters. The Labute approximate surface area is 129 Å². The molecule has 106 valence electrons. The van der Waals surface area contributed by atoms with E-state index >= 15 is 0 Å². The third kappa shape index (κ3) is 3.25. The van der Waals surface area contributed by atoms with E-state index in [0.717, 1.165) is 22.2 Å². The van der Waals surface area contributed by atoms with Gasteiger partial charge in [-0.15, -0.1) is 0 Å². The number of fused-ring (bicyclic) bond motifs is 1. The highest BCUT2D eigenvalue weighted by Gasteiger charge is 2.11. The van der Waals surface area contributed by atoms with Crippen molar-refractivity contribution in [2.24, 2.45) is 0 Å². The molecule has 0 aliphatic heterocycles. The highest BCUT2D eigenvalue weighted by atomic mass is 79.9. The minimum atomic E-state index is -0.717. The molecule has 3 aromatic rings. The molecule has 1 aromatic heterocycles. The van der Waals surface area contributed by atoms with Gasteiger partial charge in [0.2, 0.25) is 0 Å². The molecule has 1 heterocycles. The lowest BCUT2D eigenvalue weighted by Crippen LogP contribution is -2.02. The SMILES string of the molecule is OC(Cc1cc(F)cc(Br)c1)c1ccc2nccnc2c1. The Hall–Kier alpha value is -1.85. The standard InChI is InChI=1S/C16H12BrFN2O/c17-12-5-10(6-13(18)9-12)7-16(21)11-1-2-14-15(8-11)20-4-3-19-14/h1-6,8-9,16,21H,7H2. The van der Waals surface area contributed by atoms with E-state index in [0.29, 0.717) is 10.9 Å². The van der Waals surface area contributed by atoms with E-state index in [1.54, 1.807) is 24.5 Å². The number of halogens is 2. The minimum absolute atomic E-state index is 0.323. The van der Waals surface area contributed by atoms with Crippen LogP contribution in [0.3, 0.4) is 0 Å². The van der Waals surface area contributed by atoms with E-state index in [9.17, 15) is 9.50 Å². The molecule has 5 heteroatoms. The monoisotopic (exact) mass is 346 g/mol. The summed E-state index contributed by atoms with van der Waals surface area (Å²) in [6.45, 7) is 0. The van der Waals surface area contributed by atoms with Crippen molar-refractivity contribution in [2.75, 3.05) is 0 Å². The van der Waals surface area contributed by atoms with Crippen molar-refractivity contribution in [3.05, 3.63) is 70.2 Å². The highest BCUT2D eigenvalue weighted by molar-refractivity contribution is 9.10. The molecule has 0 radical (unpaired) electrons. The van der Waals surface area contributed by atoms with Crippen LogP contribution in [0.5, 0.6) is 0 Å². The molecule has 2 aromatic carbocycles. The van der Waals surface area contributed by atoms with Gasteiger partial charge in [-0.25, -0.2) is 4.39 Å². The fourth-order valence-electron chi connectivity index (χ4n) is 2.26. The number of rotatable bonds is 3. The molecular formula is C16H12BrFN2O. The molecule has 0 fully saturated rings. The first-order valence-corrected chi connectivity index (χ1v) is 7.25. The second kappa shape index (κ2) is 5.87. The van der Waals surface area contributed by atoms with Gasteiger partial charge in [0, 0.05) is 23.3 Å². The summed E-state index contributed by atoms with van der Waals surface area (Å²) in [4.78, 5) is 8.41. The lowest BCUT2D eigenvalue weighted by Gasteiger charge is -2.12. The summed E-state index contributed by atoms with van der Waals surface area (Å²) in [5.74, 6) is -0.323. The van der Waals surface area contributed by atoms with Gasteiger partial charge in [-0.3, -0.25) is 9.97 Å². The second-order valence-corrected chi connectivity index (χ2v) is 5.72. The van der Waals surface area contributed by atoms with Crippen LogP contribution in [0, 0.1) is 5.82 Å². The van der Waals surface area contributed by atoms with Gasteiger partial charge in [0.25, 0.3) is 0 Å². The Balaban J connectivity index is 1.87. The molecule has 1 N–H and O–H groups in total. The van der Waals surface area contributed by atoms with Gasteiger partial charge in [0.15, 0.2) is 0 Å². The van der Waals surface area contributed by atoms with Gasteiger partial charge >= 0.3 is 0 Å². The van der Waals surface area contributed by atoms with Crippen molar-refractivity contribution < 1.29 is 9.50 Å². The van der Waals surface area contributed by atoms with Crippen molar-refractivity contribution in [1.29, 1.82) is 0 Å². The molecule has 0 saturated carbocycles. The molecule has 0 saturated heterocycles. The number of benzene rings is 2. The Morgan fingerprint density at radius 1 is 1.05 bits per heavy atom. The summed E-state index contributed by atoms with van der Waals surface area (Å²) in [5.41, 5.74) is 2.98. The zero-order valence-corrected chi connectivity index (χ0v) is 12.6. The van der Waals surface area contributed by atoms with E-state index in [-0.39, 0.29) is 5.82 Å². The van der Waals surface area contributed by atoms with Crippen molar-refractivity contribution in [2.45, 2.75) is 12.5 Å². The summed E-state index contributed by atoms with van der Waals surface area (Å²) < 4.78 is 14.0. The Morgan fingerprint density at radius 3 is 2.57 bits per heavy atom. The number of hydrogen-bond donors (Lipinski definition) is 1. The van der Waals surface area contributed by atoms with Crippen molar-refractivity contribution in [3.8, 4) is 0 Å². The van der Waals surface area contributed by atoms with Gasteiger partial charge in [0.05, 0.1) is 17.1 Å². The van der Waals surface area contributed by atoms with Crippen LogP contribution >= 0.6 is 15.9 Å². The van der Waals surface area contributed by atoms with Gasteiger partial charge < -0.3 is 5.11 Å². The summed E-state index contributed by atoms with van der Waals surface area (Å²) in [7, 11) is 0. The van der Waals surface area contributed by atoms with Crippen LogP contribution < -0.4 is 0 Å². The number of aliphatic hydroxyl groups is 1. The summed E-state index contributed by atoms with van der Waals surface area (Å²) in [6, 6.07) is 10.1. The number of aliphatic hydroxyl groups excluding tert-OH is 1. The lowest BCUT2D eigenvalue weighted by atomic mass is 10.0. The predicted molar refractivity (Wildman–Crippen MR) is 82.3 cm³/mol. The zero-order chi connectivity index (χ0) is 14.8. The van der Waals surface area contributed by atoms with Crippen LogP contribution in [0.2, 0.25) is 0 Å². The molecule has 0 amide bonds. The molecular weight excluding hydrogens is 335 g/mol. The molecule has 0 bridgehead atoms. The normalized spacial score (nSPS) is 12.5. The first kappa shape index (κ1) is 14.1. The third-order valence-electron chi connectivity index (χ3n) is 3.23. The van der Waals surface area contributed by atoms with E-state index in [2.05, 4.69) is 25.9 Å². The van der Waals surface area contributed by atoms with E-state index in [4.69, 9.17) is 0 Å². The number of aromatic nitrogens is 2. The summed E-state index contributed by atoms with van der Waals surface area (Å²) >= 11 is 3.25. The summed E-state index contributed by atoms with van der Waals surface area (Å²) in [6.07, 6.45) is 2.86. The Kier molecular flexibility index (Phi) is 3.94. The fraction of sp³-hybridized carbons (Fsp3) is 0.125. The second-order valence-electron chi connectivity index (χ2n) is 4.80. The van der Waals surface area contributed by atoms with E-state index in [1.165, 1.54) is 12.1 Å². The van der Waals surface area contributed by atoms with Crippen molar-refractivity contribution >= 4 is 27.0 Å². The molecule has 3 nitrogen and oxygen atoms in total. The minimum Gasteiger partial charge on any atom is -0.388 e. The van der Waals surface area contributed by atoms with Crippen molar-refractivity contribution in [1.82, 2.24) is 9.97 Å². The van der Waals surface area contributed by atoms with Gasteiger partial charge in [-0.2, -0.15) is 0 Å². The van der Waals surface area contributed by atoms with Gasteiger partial charge in [-0.05, 0) is 41.5 Å². The zero-order valence-electron chi connectivity index (χ0n) is 11.0. The topological polar surface area (TPSA) is 46.0 Å². The maximum absolute atomic E-state index is 13.4. The molecule has 0 aliphatic carbocycles. The maximum atomic E-state index is 13.4. The smallest absolute Gasteiger partial charge is 0.124 e. The summed E-state index contributed by atoms with van der Waals surface area (Å²) in [5, 5.41) is 10.3. The molecule has 1 atom stereocenters. The highest BCUT2D eigenvalue weighted by Crippen LogP contribution is 2.23. The quantitative estimate of drug-likeness (QED) is 0.784. The largest absolute Gasteiger partial charge is 0.388 e. The van der Waals surface area contributed by atoms with Crippen molar-refractivity contribution in [3.63, 3.8) is 0 Å². The fourth-order valence-corrected chi connectivity index (χ4v) is 2.77. The predicted octanol–water partition coefficient (Wildman–Crippen LogP) is 3.81. The van der Waals surface area contributed by atoms with E-state index < -0.39 is 6.10 Å². The van der Waals surface area contributed by atoms with Crippen LogP contribution in [0.4, 0.5) is 4.39 Å². The van der Waals surface area contributed by atoms with Crippen LogP contribution in [0.15, 0.2) is 53.3 Å². The van der Waals surface area contributed by atoms with E-state index in [1.807, 2.05) is 12.1 Å². The first-order chi connectivity index (χ1) is 10.1. The third-order valence-corrected chi connectivity index (χ3v) is 3.69. The van der Waals surface area contributed by atoms with Crippen LogP contribution in [0.25, 0.3) is 11.0 Å². The van der Waals surface area contributed by atoms with Crippen LogP contribution in [-0.4, -0.2) is 15.1 Å².